The first-order chi connectivity index (χ1) is 15.9. The topological polar surface area (TPSA) is 98.9 Å². The lowest BCUT2D eigenvalue weighted by atomic mass is 10.1. The number of amides is 1. The molecule has 9 heteroatoms. The van der Waals surface area contributed by atoms with Gasteiger partial charge < -0.3 is 5.32 Å². The third-order valence-corrected chi connectivity index (χ3v) is 4.93. The molecule has 1 amide bonds. The zero-order valence-electron chi connectivity index (χ0n) is 17.7. The molecule has 0 saturated carbocycles. The van der Waals surface area contributed by atoms with Crippen molar-refractivity contribution in [1.29, 1.82) is 0 Å². The third-order valence-electron chi connectivity index (χ3n) is 4.93. The van der Waals surface area contributed by atoms with Gasteiger partial charge in [0.2, 0.25) is 5.69 Å². The summed E-state index contributed by atoms with van der Waals surface area (Å²) in [6.45, 7) is 1.83. The van der Waals surface area contributed by atoms with E-state index in [2.05, 4.69) is 15.4 Å². The molecule has 0 atom stereocenters. The van der Waals surface area contributed by atoms with Gasteiger partial charge >= 0.3 is 5.69 Å². The van der Waals surface area contributed by atoms with Gasteiger partial charge in [-0.1, -0.05) is 48.0 Å². The Balaban J connectivity index is 1.81. The molecule has 1 N–H and O–H groups in total. The Morgan fingerprint density at radius 1 is 1.03 bits per heavy atom. The Morgan fingerprint density at radius 2 is 1.82 bits per heavy atom. The second-order valence-electron chi connectivity index (χ2n) is 7.38. The smallest absolute Gasteiger partial charge is 0.345 e. The van der Waals surface area contributed by atoms with Crippen LogP contribution in [-0.2, 0) is 13.1 Å². The molecule has 2 aromatic carbocycles. The van der Waals surface area contributed by atoms with E-state index in [4.69, 9.17) is 0 Å². The summed E-state index contributed by atoms with van der Waals surface area (Å²) in [5.74, 6) is -1.51. The number of hydrogen-bond donors (Lipinski definition) is 1. The average Bonchev–Trinajstić information content (AvgIpc) is 2.82. The van der Waals surface area contributed by atoms with Gasteiger partial charge in [-0.05, 0) is 36.8 Å². The summed E-state index contributed by atoms with van der Waals surface area (Å²) >= 11 is 0. The van der Waals surface area contributed by atoms with Crippen LogP contribution in [0.15, 0.2) is 82.5 Å². The van der Waals surface area contributed by atoms with Crippen LogP contribution in [0.5, 0.6) is 0 Å². The van der Waals surface area contributed by atoms with Gasteiger partial charge in [0, 0.05) is 6.20 Å². The zero-order valence-corrected chi connectivity index (χ0v) is 17.7. The first-order valence-corrected chi connectivity index (χ1v) is 10.2. The number of nitrogens with zero attached hydrogens (tertiary/aromatic N) is 4. The van der Waals surface area contributed by atoms with Crippen molar-refractivity contribution < 1.29 is 9.18 Å². The number of para-hydroxylation sites is 1. The van der Waals surface area contributed by atoms with Gasteiger partial charge in [0.25, 0.3) is 11.5 Å². The van der Waals surface area contributed by atoms with E-state index in [1.807, 2.05) is 19.1 Å². The summed E-state index contributed by atoms with van der Waals surface area (Å²) in [5.41, 5.74) is -0.216. The molecule has 0 spiro atoms. The normalized spacial score (nSPS) is 10.7. The SMILES string of the molecule is Cc1cccc(Cn2c(=O)c(C(=O)NCc3ccccn3)nn(-c3ccccc3F)c2=O)c1. The number of aromatic nitrogens is 4. The first-order valence-electron chi connectivity index (χ1n) is 10.2. The van der Waals surface area contributed by atoms with Crippen molar-refractivity contribution in [3.05, 3.63) is 122 Å². The van der Waals surface area contributed by atoms with Crippen molar-refractivity contribution in [2.75, 3.05) is 0 Å². The van der Waals surface area contributed by atoms with Gasteiger partial charge in [0.05, 0.1) is 18.8 Å². The summed E-state index contributed by atoms with van der Waals surface area (Å²) in [4.78, 5) is 43.2. The van der Waals surface area contributed by atoms with Gasteiger partial charge in [-0.25, -0.2) is 9.18 Å². The molecule has 4 rings (SSSR count). The molecule has 0 unspecified atom stereocenters. The predicted octanol–water partition coefficient (Wildman–Crippen LogP) is 2.22. The molecule has 0 bridgehead atoms. The predicted molar refractivity (Wildman–Crippen MR) is 120 cm³/mol. The van der Waals surface area contributed by atoms with E-state index in [9.17, 15) is 18.8 Å². The highest BCUT2D eigenvalue weighted by Crippen LogP contribution is 2.10. The maximum absolute atomic E-state index is 14.5. The van der Waals surface area contributed by atoms with Crippen molar-refractivity contribution in [3.8, 4) is 5.69 Å². The molecular formula is C24H20FN5O3. The lowest BCUT2D eigenvalue weighted by Gasteiger charge is -2.13. The molecular weight excluding hydrogens is 425 g/mol. The molecule has 0 aliphatic carbocycles. The number of aryl methyl sites for hydroxylation is 1. The number of hydrogen-bond acceptors (Lipinski definition) is 5. The van der Waals surface area contributed by atoms with Gasteiger partial charge in [-0.15, -0.1) is 0 Å². The highest BCUT2D eigenvalue weighted by Gasteiger charge is 2.21. The van der Waals surface area contributed by atoms with E-state index in [-0.39, 0.29) is 18.8 Å². The molecule has 8 nitrogen and oxygen atoms in total. The van der Waals surface area contributed by atoms with Gasteiger partial charge in [-0.2, -0.15) is 9.78 Å². The lowest BCUT2D eigenvalue weighted by Crippen LogP contribution is -2.46. The molecule has 166 valence electrons. The van der Waals surface area contributed by atoms with Crippen molar-refractivity contribution in [1.82, 2.24) is 24.6 Å². The monoisotopic (exact) mass is 445 g/mol. The summed E-state index contributed by atoms with van der Waals surface area (Å²) in [6.07, 6.45) is 1.58. The van der Waals surface area contributed by atoms with Gasteiger partial charge in [0.15, 0.2) is 0 Å². The second kappa shape index (κ2) is 9.39. The quantitative estimate of drug-likeness (QED) is 0.491. The first kappa shape index (κ1) is 21.8. The molecule has 0 aliphatic heterocycles. The molecule has 2 heterocycles. The van der Waals surface area contributed by atoms with Crippen LogP contribution in [0.25, 0.3) is 5.69 Å². The van der Waals surface area contributed by atoms with E-state index in [1.54, 1.807) is 36.5 Å². The highest BCUT2D eigenvalue weighted by molar-refractivity contribution is 5.91. The molecule has 0 aliphatic rings. The minimum absolute atomic E-state index is 0.0531. The Kier molecular flexibility index (Phi) is 6.21. The molecule has 0 saturated heterocycles. The zero-order chi connectivity index (χ0) is 23.4. The number of nitrogens with one attached hydrogen (secondary N) is 1. The van der Waals surface area contributed by atoms with Crippen LogP contribution in [0.1, 0.15) is 27.3 Å². The van der Waals surface area contributed by atoms with Crippen LogP contribution >= 0.6 is 0 Å². The average molecular weight is 445 g/mol. The molecule has 0 fully saturated rings. The fourth-order valence-electron chi connectivity index (χ4n) is 3.33. The van der Waals surface area contributed by atoms with Crippen molar-refractivity contribution >= 4 is 5.91 Å². The van der Waals surface area contributed by atoms with Crippen molar-refractivity contribution in [2.45, 2.75) is 20.0 Å². The lowest BCUT2D eigenvalue weighted by molar-refractivity contribution is 0.0940. The number of halogens is 1. The maximum Gasteiger partial charge on any atom is 0.352 e. The van der Waals surface area contributed by atoms with Crippen LogP contribution in [0.2, 0.25) is 0 Å². The summed E-state index contributed by atoms with van der Waals surface area (Å²) in [5, 5.41) is 6.52. The van der Waals surface area contributed by atoms with Crippen LogP contribution in [-0.4, -0.2) is 25.2 Å². The minimum atomic E-state index is -0.868. The fraction of sp³-hybridized carbons (Fsp3) is 0.125. The summed E-state index contributed by atoms with van der Waals surface area (Å²) < 4.78 is 16.1. The fourth-order valence-corrected chi connectivity index (χ4v) is 3.33. The Labute approximate surface area is 188 Å². The van der Waals surface area contributed by atoms with E-state index >= 15 is 0 Å². The second-order valence-corrected chi connectivity index (χ2v) is 7.38. The number of carbonyl (C=O) groups excluding carboxylic acids is 1. The third kappa shape index (κ3) is 4.77. The Bertz CT molecular complexity index is 1430. The van der Waals surface area contributed by atoms with Crippen LogP contribution < -0.4 is 16.6 Å². The number of rotatable bonds is 6. The maximum atomic E-state index is 14.5. The van der Waals surface area contributed by atoms with Crippen LogP contribution in [0, 0.1) is 12.7 Å². The van der Waals surface area contributed by atoms with E-state index in [0.717, 1.165) is 14.8 Å². The van der Waals surface area contributed by atoms with Crippen LogP contribution in [0.3, 0.4) is 0 Å². The summed E-state index contributed by atoms with van der Waals surface area (Å²) in [7, 11) is 0. The molecule has 4 aromatic rings. The van der Waals surface area contributed by atoms with Gasteiger partial charge in [-0.3, -0.25) is 19.1 Å². The number of carbonyl (C=O) groups is 1. The van der Waals surface area contributed by atoms with E-state index in [1.165, 1.54) is 24.3 Å². The van der Waals surface area contributed by atoms with Gasteiger partial charge in [0.1, 0.15) is 11.5 Å². The Morgan fingerprint density at radius 3 is 2.55 bits per heavy atom. The number of benzene rings is 2. The molecule has 0 radical (unpaired) electrons. The van der Waals surface area contributed by atoms with E-state index < -0.39 is 28.7 Å². The Hall–Kier alpha value is -4.40. The largest absolute Gasteiger partial charge is 0.352 e. The highest BCUT2D eigenvalue weighted by atomic mass is 19.1. The van der Waals surface area contributed by atoms with Crippen molar-refractivity contribution in [2.24, 2.45) is 0 Å². The molecule has 33 heavy (non-hydrogen) atoms. The standard InChI is InChI=1S/C24H20FN5O3/c1-16-7-6-8-17(13-16)15-29-23(32)21(22(31)27-14-18-9-4-5-12-26-18)28-30(24(29)33)20-11-3-2-10-19(20)25/h2-13H,14-15H2,1H3,(H,27,31). The number of pyridine rings is 1. The van der Waals surface area contributed by atoms with Crippen LogP contribution in [0.4, 0.5) is 4.39 Å². The minimum Gasteiger partial charge on any atom is -0.345 e. The van der Waals surface area contributed by atoms with Crippen molar-refractivity contribution in [3.63, 3.8) is 0 Å². The van der Waals surface area contributed by atoms with E-state index in [0.29, 0.717) is 11.3 Å². The molecule has 2 aromatic heterocycles. The summed E-state index contributed by atoms with van der Waals surface area (Å²) in [6, 6.07) is 18.0.